The number of rotatable bonds is 14. The highest BCUT2D eigenvalue weighted by Crippen LogP contribution is 2.39. The quantitative estimate of drug-likeness (QED) is 0.0860. The summed E-state index contributed by atoms with van der Waals surface area (Å²) in [5.74, 6) is 2.96. The van der Waals surface area contributed by atoms with Gasteiger partial charge in [0.2, 0.25) is 17.8 Å². The van der Waals surface area contributed by atoms with Gasteiger partial charge in [-0.15, -0.1) is 11.6 Å². The molecule has 1 unspecified atom stereocenters. The summed E-state index contributed by atoms with van der Waals surface area (Å²) in [6, 6.07) is 21.7. The third-order valence-electron chi connectivity index (χ3n) is 15.1. The zero-order valence-electron chi connectivity index (χ0n) is 39.3. The van der Waals surface area contributed by atoms with Crippen LogP contribution in [-0.4, -0.2) is 98.5 Å². The highest BCUT2D eigenvalue weighted by molar-refractivity contribution is 6.32. The summed E-state index contributed by atoms with van der Waals surface area (Å²) >= 11 is 12.4. The predicted molar refractivity (Wildman–Crippen MR) is 263 cm³/mol. The minimum Gasteiger partial charge on any atom is -0.489 e. The van der Waals surface area contributed by atoms with Gasteiger partial charge >= 0.3 is 5.69 Å². The van der Waals surface area contributed by atoms with Crippen molar-refractivity contribution >= 4 is 52.0 Å². The van der Waals surface area contributed by atoms with E-state index in [4.69, 9.17) is 37.7 Å². The van der Waals surface area contributed by atoms with E-state index in [0.717, 1.165) is 116 Å². The number of imide groups is 1. The Morgan fingerprint density at radius 1 is 0.868 bits per heavy atom. The Balaban J connectivity index is 0.719. The lowest BCUT2D eigenvalue weighted by atomic mass is 9.77. The van der Waals surface area contributed by atoms with Crippen LogP contribution in [-0.2, 0) is 35.2 Å². The molecule has 0 bridgehead atoms. The Kier molecular flexibility index (Phi) is 14.4. The van der Waals surface area contributed by atoms with Gasteiger partial charge in [-0.1, -0.05) is 49.7 Å². The smallest absolute Gasteiger partial charge is 0.329 e. The van der Waals surface area contributed by atoms with Gasteiger partial charge in [-0.3, -0.25) is 28.9 Å². The van der Waals surface area contributed by atoms with Gasteiger partial charge in [-0.2, -0.15) is 5.26 Å². The van der Waals surface area contributed by atoms with Crippen LogP contribution in [0.4, 0.5) is 5.95 Å². The number of nitrogens with one attached hydrogen (secondary N) is 1. The second-order valence-electron chi connectivity index (χ2n) is 19.4. The highest BCUT2D eigenvalue weighted by Gasteiger charge is 2.35. The molecule has 3 aromatic carbocycles. The van der Waals surface area contributed by atoms with Crippen LogP contribution in [0.3, 0.4) is 0 Å². The molecule has 4 aliphatic rings. The molecule has 1 N–H and O–H groups in total. The number of likely N-dealkylation sites (tertiary alicyclic amines) is 2. The van der Waals surface area contributed by atoms with Crippen LogP contribution in [0.1, 0.15) is 99.2 Å². The molecule has 6 heterocycles. The number of benzene rings is 3. The largest absolute Gasteiger partial charge is 0.489 e. The highest BCUT2D eigenvalue weighted by atomic mass is 35.5. The summed E-state index contributed by atoms with van der Waals surface area (Å²) in [5.41, 5.74) is 5.22. The first kappa shape index (κ1) is 47.6. The molecule has 0 saturated carbocycles. The molecule has 2 aromatic heterocycles. The first-order chi connectivity index (χ1) is 32.9. The fraction of sp³-hybridized carbons (Fsp3) is 0.500. The number of aromatic nitrogens is 4. The number of aryl methyl sites for hydroxylation is 1. The minimum absolute atomic E-state index is 0.223. The number of piperidine rings is 4. The van der Waals surface area contributed by atoms with E-state index in [2.05, 4.69) is 51.0 Å². The summed E-state index contributed by atoms with van der Waals surface area (Å²) < 4.78 is 15.1. The van der Waals surface area contributed by atoms with Crippen LogP contribution in [0.5, 0.6) is 11.5 Å². The number of halogens is 2. The summed E-state index contributed by atoms with van der Waals surface area (Å²) in [5, 5.41) is 12.6. The van der Waals surface area contributed by atoms with Gasteiger partial charge in [0.05, 0.1) is 33.2 Å². The van der Waals surface area contributed by atoms with Crippen LogP contribution in [0.2, 0.25) is 5.02 Å². The molecule has 1 atom stereocenters. The molecule has 9 rings (SSSR count). The molecule has 16 heteroatoms. The minimum atomic E-state index is -0.680. The van der Waals surface area contributed by atoms with Gasteiger partial charge in [0.1, 0.15) is 31.1 Å². The summed E-state index contributed by atoms with van der Waals surface area (Å²) in [6.45, 7) is 11.8. The maximum absolute atomic E-state index is 13.5. The number of anilines is 1. The van der Waals surface area contributed by atoms with Crippen molar-refractivity contribution in [2.24, 2.45) is 18.9 Å². The van der Waals surface area contributed by atoms with E-state index in [9.17, 15) is 19.6 Å². The summed E-state index contributed by atoms with van der Waals surface area (Å²) in [7, 11) is 1.78. The zero-order chi connectivity index (χ0) is 47.5. The number of hydrogen-bond donors (Lipinski definition) is 1. The zero-order valence-corrected chi connectivity index (χ0v) is 40.8. The van der Waals surface area contributed by atoms with Crippen LogP contribution in [0.15, 0.2) is 71.7 Å². The van der Waals surface area contributed by atoms with Crippen LogP contribution >= 0.6 is 23.2 Å². The number of ether oxygens (including phenoxy) is 2. The normalized spacial score (nSPS) is 19.6. The number of nitrogens with zero attached hydrogens (tertiary/aromatic N) is 8. The maximum Gasteiger partial charge on any atom is 0.329 e. The number of carbonyl (C=O) groups is 2. The fourth-order valence-electron chi connectivity index (χ4n) is 11.1. The maximum atomic E-state index is 13.5. The molecule has 2 amide bonds. The van der Waals surface area contributed by atoms with Gasteiger partial charge in [-0.05, 0) is 136 Å². The van der Waals surface area contributed by atoms with Gasteiger partial charge in [0.25, 0.3) is 0 Å². The van der Waals surface area contributed by atoms with Crippen molar-refractivity contribution in [1.82, 2.24) is 34.2 Å². The molecule has 358 valence electrons. The van der Waals surface area contributed by atoms with Gasteiger partial charge in [-0.25, -0.2) is 14.8 Å². The van der Waals surface area contributed by atoms with Crippen molar-refractivity contribution in [3.8, 4) is 17.6 Å². The Hall–Kier alpha value is -5.46. The first-order valence-electron chi connectivity index (χ1n) is 24.1. The molecule has 68 heavy (non-hydrogen) atoms. The molecule has 14 nitrogen and oxygen atoms in total. The van der Waals surface area contributed by atoms with Gasteiger partial charge in [0, 0.05) is 50.8 Å². The lowest BCUT2D eigenvalue weighted by molar-refractivity contribution is -0.135. The van der Waals surface area contributed by atoms with Crippen molar-refractivity contribution in [1.29, 1.82) is 5.26 Å². The fourth-order valence-corrected chi connectivity index (χ4v) is 11.5. The van der Waals surface area contributed by atoms with E-state index < -0.39 is 17.4 Å². The lowest BCUT2D eigenvalue weighted by Gasteiger charge is -2.44. The van der Waals surface area contributed by atoms with Crippen molar-refractivity contribution in [3.05, 3.63) is 110 Å². The third-order valence-corrected chi connectivity index (χ3v) is 15.5. The van der Waals surface area contributed by atoms with Crippen molar-refractivity contribution in [2.45, 2.75) is 95.9 Å². The van der Waals surface area contributed by atoms with Gasteiger partial charge in [0.15, 0.2) is 5.75 Å². The average Bonchev–Trinajstić information content (AvgIpc) is 3.61. The number of hydrogen-bond acceptors (Lipinski definition) is 11. The molecule has 4 aliphatic heterocycles. The van der Waals surface area contributed by atoms with E-state index in [-0.39, 0.29) is 24.6 Å². The van der Waals surface area contributed by atoms with Crippen molar-refractivity contribution < 1.29 is 19.1 Å². The molecule has 4 fully saturated rings. The molecular formula is C52H61Cl2N9O5. The SMILES string of the molecule is Cn1c(=O)n(C2CCC(=O)NC2=O)c2cccc(CN3CCC(C4CCN(C5CCN(c6nccc(COc7ccc(C(C)(C)c8cc(Cl)c(OCCCl)c(C#N)c8)cc7)n6)CC5)CC4)CC3)c21. The molecule has 0 aliphatic carbocycles. The van der Waals surface area contributed by atoms with E-state index >= 15 is 0 Å². The van der Waals surface area contributed by atoms with Crippen molar-refractivity contribution in [3.63, 3.8) is 0 Å². The third kappa shape index (κ3) is 9.99. The van der Waals surface area contributed by atoms with E-state index in [1.807, 2.05) is 60.8 Å². The standard InChI is InChI=1S/C52H61Cl2N9O5/c1-52(2,39-29-37(31-55)48(43(54)30-39)67-28-20-53)38-7-9-42(10-8-38)68-33-40-13-21-56-50(57-40)62-26-18-41(19-27-62)61-24-16-35(17-25-61)34-14-22-60(23-15-34)32-36-5-4-6-44-47(36)59(3)51(66)63(44)45-11-12-46(64)58-49(45)65/h4-10,13,21,29-30,34-35,41,45H,11-12,14-20,22-28,32-33H2,1-3H3,(H,58,64,65). The lowest BCUT2D eigenvalue weighted by Crippen LogP contribution is -2.49. The Morgan fingerprint density at radius 2 is 1.59 bits per heavy atom. The number of alkyl halides is 1. The number of fused-ring (bicyclic) bond motifs is 1. The molecule has 4 saturated heterocycles. The molecular weight excluding hydrogens is 902 g/mol. The number of carbonyl (C=O) groups excluding carboxylic acids is 2. The Labute approximate surface area is 408 Å². The molecule has 5 aromatic rings. The topological polar surface area (TPSA) is 151 Å². The van der Waals surface area contributed by atoms with Gasteiger partial charge < -0.3 is 19.3 Å². The summed E-state index contributed by atoms with van der Waals surface area (Å²) in [6.07, 6.45) is 9.47. The number of imidazole rings is 1. The molecule has 0 spiro atoms. The Bertz CT molecular complexity index is 2730. The van der Waals surface area contributed by atoms with Crippen molar-refractivity contribution in [2.75, 3.05) is 56.7 Å². The average molecular weight is 963 g/mol. The summed E-state index contributed by atoms with van der Waals surface area (Å²) in [4.78, 5) is 55.1. The van der Waals surface area contributed by atoms with E-state index in [0.29, 0.717) is 41.3 Å². The number of nitriles is 1. The van der Waals surface area contributed by atoms with E-state index in [1.54, 1.807) is 16.2 Å². The predicted octanol–water partition coefficient (Wildman–Crippen LogP) is 7.75. The number of amides is 2. The van der Waals surface area contributed by atoms with Crippen LogP contribution in [0.25, 0.3) is 11.0 Å². The Morgan fingerprint density at radius 3 is 2.28 bits per heavy atom. The van der Waals surface area contributed by atoms with Crippen LogP contribution < -0.4 is 25.4 Å². The second kappa shape index (κ2) is 20.6. The monoisotopic (exact) mass is 961 g/mol. The number of para-hydroxylation sites is 1. The van der Waals surface area contributed by atoms with E-state index in [1.165, 1.54) is 25.7 Å². The second-order valence-corrected chi connectivity index (χ2v) is 20.2. The molecule has 0 radical (unpaired) electrons. The first-order valence-corrected chi connectivity index (χ1v) is 25.0. The van der Waals surface area contributed by atoms with Crippen LogP contribution in [0, 0.1) is 23.2 Å².